The lowest BCUT2D eigenvalue weighted by atomic mass is 10.1. The molecule has 1 aliphatic heterocycles. The molecule has 0 bridgehead atoms. The molecule has 0 aromatic rings. The minimum atomic E-state index is -2.84. The number of hydrogen-bond acceptors (Lipinski definition) is 4. The fraction of sp³-hybridized carbons (Fsp3) is 1.00. The summed E-state index contributed by atoms with van der Waals surface area (Å²) in [7, 11) is -0.886. The van der Waals surface area contributed by atoms with Crippen LogP contribution in [0.3, 0.4) is 0 Å². The highest BCUT2D eigenvalue weighted by Gasteiger charge is 2.39. The monoisotopic (exact) mass is 220 g/mol. The van der Waals surface area contributed by atoms with E-state index in [1.165, 1.54) is 0 Å². The summed E-state index contributed by atoms with van der Waals surface area (Å²) in [6.45, 7) is 4.39. The minimum absolute atomic E-state index is 0.138. The smallest absolute Gasteiger partial charge is 0.154 e. The average molecular weight is 220 g/mol. The first-order valence-electron chi connectivity index (χ1n) is 5.03. The molecule has 1 fully saturated rings. The van der Waals surface area contributed by atoms with Crippen LogP contribution in [0.2, 0.25) is 0 Å². The van der Waals surface area contributed by atoms with Crippen LogP contribution in [0, 0.1) is 0 Å². The van der Waals surface area contributed by atoms with Gasteiger partial charge in [0.2, 0.25) is 0 Å². The summed E-state index contributed by atoms with van der Waals surface area (Å²) in [6, 6.07) is 0.384. The molecule has 0 amide bonds. The second kappa shape index (κ2) is 4.16. The van der Waals surface area contributed by atoms with E-state index >= 15 is 0 Å². The van der Waals surface area contributed by atoms with Crippen LogP contribution in [0.4, 0.5) is 0 Å². The molecule has 1 saturated heterocycles. The lowest BCUT2D eigenvalue weighted by molar-refractivity contribution is 0.187. The Bertz CT molecular complexity index is 289. The first kappa shape index (κ1) is 11.9. The SMILES string of the molecule is CC(CN)N(C)C1CCS(=O)(=O)C1C. The summed E-state index contributed by atoms with van der Waals surface area (Å²) in [4.78, 5) is 2.09. The largest absolute Gasteiger partial charge is 0.329 e. The van der Waals surface area contributed by atoms with Crippen molar-refractivity contribution in [1.82, 2.24) is 4.90 Å². The molecule has 4 nitrogen and oxygen atoms in total. The molecular formula is C9H20N2O2S. The third-order valence-corrected chi connectivity index (χ3v) is 5.62. The lowest BCUT2D eigenvalue weighted by Crippen LogP contribution is -2.46. The van der Waals surface area contributed by atoms with Gasteiger partial charge in [0.05, 0.1) is 11.0 Å². The Hall–Kier alpha value is -0.130. The second-order valence-corrected chi connectivity index (χ2v) is 6.66. The topological polar surface area (TPSA) is 63.4 Å². The van der Waals surface area contributed by atoms with Crippen molar-refractivity contribution in [3.05, 3.63) is 0 Å². The van der Waals surface area contributed by atoms with Crippen molar-refractivity contribution in [1.29, 1.82) is 0 Å². The van der Waals surface area contributed by atoms with E-state index in [2.05, 4.69) is 4.90 Å². The summed E-state index contributed by atoms with van der Waals surface area (Å²) in [6.07, 6.45) is 0.740. The molecule has 84 valence electrons. The maximum Gasteiger partial charge on any atom is 0.154 e. The zero-order chi connectivity index (χ0) is 10.9. The molecule has 0 aliphatic carbocycles. The zero-order valence-electron chi connectivity index (χ0n) is 9.10. The van der Waals surface area contributed by atoms with Crippen LogP contribution in [0.1, 0.15) is 20.3 Å². The van der Waals surface area contributed by atoms with Gasteiger partial charge in [-0.15, -0.1) is 0 Å². The summed E-state index contributed by atoms with van der Waals surface area (Å²) in [5, 5.41) is -0.249. The summed E-state index contributed by atoms with van der Waals surface area (Å²) >= 11 is 0. The molecule has 5 heteroatoms. The highest BCUT2D eigenvalue weighted by atomic mass is 32.2. The Morgan fingerprint density at radius 3 is 2.50 bits per heavy atom. The molecule has 3 atom stereocenters. The maximum atomic E-state index is 11.5. The summed E-state index contributed by atoms with van der Waals surface area (Å²) < 4.78 is 23.1. The van der Waals surface area contributed by atoms with Crippen molar-refractivity contribution in [3.8, 4) is 0 Å². The van der Waals surface area contributed by atoms with Crippen molar-refractivity contribution >= 4 is 9.84 Å². The Morgan fingerprint density at radius 1 is 1.57 bits per heavy atom. The quantitative estimate of drug-likeness (QED) is 0.718. The van der Waals surface area contributed by atoms with E-state index in [1.54, 1.807) is 6.92 Å². The highest BCUT2D eigenvalue weighted by molar-refractivity contribution is 7.92. The van der Waals surface area contributed by atoms with Gasteiger partial charge in [-0.25, -0.2) is 8.42 Å². The maximum absolute atomic E-state index is 11.5. The van der Waals surface area contributed by atoms with Crippen molar-refractivity contribution in [3.63, 3.8) is 0 Å². The van der Waals surface area contributed by atoms with Crippen LogP contribution in [-0.2, 0) is 9.84 Å². The Kier molecular flexibility index (Phi) is 3.55. The average Bonchev–Trinajstić information content (AvgIpc) is 2.40. The molecule has 0 spiro atoms. The minimum Gasteiger partial charge on any atom is -0.329 e. The normalized spacial score (nSPS) is 33.5. The van der Waals surface area contributed by atoms with Gasteiger partial charge in [0.25, 0.3) is 0 Å². The van der Waals surface area contributed by atoms with Gasteiger partial charge >= 0.3 is 0 Å². The number of rotatable bonds is 3. The molecule has 0 aromatic heterocycles. The molecule has 2 N–H and O–H groups in total. The van der Waals surface area contributed by atoms with Crippen LogP contribution in [0.25, 0.3) is 0 Å². The number of likely N-dealkylation sites (N-methyl/N-ethyl adjacent to an activating group) is 1. The zero-order valence-corrected chi connectivity index (χ0v) is 9.92. The number of hydrogen-bond donors (Lipinski definition) is 1. The van der Waals surface area contributed by atoms with Gasteiger partial charge in [-0.05, 0) is 27.3 Å². The number of sulfone groups is 1. The van der Waals surface area contributed by atoms with Crippen LogP contribution < -0.4 is 5.73 Å². The predicted octanol–water partition coefficient (Wildman–Crippen LogP) is -0.159. The molecule has 0 radical (unpaired) electrons. The van der Waals surface area contributed by atoms with Gasteiger partial charge in [-0.1, -0.05) is 0 Å². The van der Waals surface area contributed by atoms with Crippen molar-refractivity contribution in [2.45, 2.75) is 37.6 Å². The number of nitrogens with two attached hydrogens (primary N) is 1. The fourth-order valence-corrected chi connectivity index (χ4v) is 3.72. The molecule has 3 unspecified atom stereocenters. The molecule has 1 rings (SSSR count). The van der Waals surface area contributed by atoms with Crippen molar-refractivity contribution in [2.24, 2.45) is 5.73 Å². The fourth-order valence-electron chi connectivity index (χ4n) is 1.97. The molecule has 1 heterocycles. The molecule has 0 saturated carbocycles. The summed E-state index contributed by atoms with van der Waals surface area (Å²) in [5.74, 6) is 0.320. The molecular weight excluding hydrogens is 200 g/mol. The van der Waals surface area contributed by atoms with E-state index in [0.29, 0.717) is 12.3 Å². The number of nitrogens with zero attached hydrogens (tertiary/aromatic N) is 1. The molecule has 0 aromatic carbocycles. The van der Waals surface area contributed by atoms with Crippen LogP contribution in [-0.4, -0.2) is 50.0 Å². The van der Waals surface area contributed by atoms with Crippen LogP contribution in [0.15, 0.2) is 0 Å². The first-order chi connectivity index (χ1) is 6.40. The summed E-state index contributed by atoms with van der Waals surface area (Å²) in [5.41, 5.74) is 5.56. The highest BCUT2D eigenvalue weighted by Crippen LogP contribution is 2.25. The lowest BCUT2D eigenvalue weighted by Gasteiger charge is -2.31. The van der Waals surface area contributed by atoms with E-state index in [4.69, 9.17) is 5.73 Å². The van der Waals surface area contributed by atoms with Crippen LogP contribution >= 0.6 is 0 Å². The Labute approximate surface area is 86.4 Å². The Balaban J connectivity index is 2.73. The first-order valence-corrected chi connectivity index (χ1v) is 6.75. The second-order valence-electron chi connectivity index (χ2n) is 4.18. The van der Waals surface area contributed by atoms with Gasteiger partial charge < -0.3 is 5.73 Å². The molecule has 14 heavy (non-hydrogen) atoms. The van der Waals surface area contributed by atoms with Gasteiger partial charge in [-0.3, -0.25) is 4.90 Å². The van der Waals surface area contributed by atoms with E-state index < -0.39 is 9.84 Å². The van der Waals surface area contributed by atoms with Gasteiger partial charge in [0, 0.05) is 18.6 Å². The Morgan fingerprint density at radius 2 is 2.14 bits per heavy atom. The van der Waals surface area contributed by atoms with Crippen molar-refractivity contribution < 1.29 is 8.42 Å². The van der Waals surface area contributed by atoms with E-state index in [1.807, 2.05) is 14.0 Å². The standard InChI is InChI=1S/C9H20N2O2S/c1-7(6-10)11(3)9-4-5-14(12,13)8(9)2/h7-9H,4-6,10H2,1-3H3. The van der Waals surface area contributed by atoms with Crippen LogP contribution in [0.5, 0.6) is 0 Å². The molecule has 1 aliphatic rings. The van der Waals surface area contributed by atoms with Gasteiger partial charge in [0.1, 0.15) is 0 Å². The van der Waals surface area contributed by atoms with Gasteiger partial charge in [-0.2, -0.15) is 0 Å². The van der Waals surface area contributed by atoms with E-state index in [0.717, 1.165) is 6.42 Å². The van der Waals surface area contributed by atoms with E-state index in [-0.39, 0.29) is 17.3 Å². The third-order valence-electron chi connectivity index (χ3n) is 3.37. The third kappa shape index (κ3) is 2.10. The van der Waals surface area contributed by atoms with Crippen molar-refractivity contribution in [2.75, 3.05) is 19.3 Å². The van der Waals surface area contributed by atoms with E-state index in [9.17, 15) is 8.42 Å². The van der Waals surface area contributed by atoms with Gasteiger partial charge in [0.15, 0.2) is 9.84 Å². The predicted molar refractivity (Wildman–Crippen MR) is 57.9 cm³/mol.